The Kier molecular flexibility index (Phi) is 5.34. The highest BCUT2D eigenvalue weighted by Gasteiger charge is 2.20. The van der Waals surface area contributed by atoms with Crippen LogP contribution in [-0.2, 0) is 6.54 Å². The number of aromatic nitrogens is 1. The van der Waals surface area contributed by atoms with Crippen LogP contribution in [0.15, 0.2) is 12.3 Å². The van der Waals surface area contributed by atoms with Crippen molar-refractivity contribution in [3.8, 4) is 11.5 Å². The zero-order valence-electron chi connectivity index (χ0n) is 11.9. The zero-order valence-corrected chi connectivity index (χ0v) is 12.7. The number of hydrogen-bond donors (Lipinski definition) is 0. The molecule has 5 heteroatoms. The van der Waals surface area contributed by atoms with Gasteiger partial charge in [-0.3, -0.25) is 9.88 Å². The summed E-state index contributed by atoms with van der Waals surface area (Å²) in [5.41, 5.74) is 0.959. The lowest BCUT2D eigenvalue weighted by Gasteiger charge is -2.26. The lowest BCUT2D eigenvalue weighted by Crippen LogP contribution is -2.33. The Bertz CT molecular complexity index is 414. The van der Waals surface area contributed by atoms with Gasteiger partial charge >= 0.3 is 0 Å². The fourth-order valence-electron chi connectivity index (χ4n) is 2.33. The molecular weight excluding hydrogens is 260 g/mol. The van der Waals surface area contributed by atoms with E-state index in [9.17, 15) is 0 Å². The summed E-state index contributed by atoms with van der Waals surface area (Å²) in [4.78, 5) is 6.94. The van der Waals surface area contributed by atoms with Crippen LogP contribution in [0.1, 0.15) is 19.0 Å². The van der Waals surface area contributed by atoms with Crippen molar-refractivity contribution in [3.05, 3.63) is 18.0 Å². The van der Waals surface area contributed by atoms with Gasteiger partial charge in [-0.05, 0) is 19.1 Å². The van der Waals surface area contributed by atoms with E-state index in [0.29, 0.717) is 6.04 Å². The standard InChI is InChI=1S/C14H22N2O2S/c1-11-5-8-19-9-7-16(11)10-12-14(18-3)13(17-2)4-6-15-12/h4,6,11H,5,7-10H2,1-3H3. The molecule has 0 amide bonds. The van der Waals surface area contributed by atoms with E-state index in [4.69, 9.17) is 9.47 Å². The summed E-state index contributed by atoms with van der Waals surface area (Å²) < 4.78 is 10.8. The van der Waals surface area contributed by atoms with Gasteiger partial charge in [-0.1, -0.05) is 0 Å². The third-order valence-corrected chi connectivity index (χ3v) is 4.54. The first-order chi connectivity index (χ1) is 9.26. The fraction of sp³-hybridized carbons (Fsp3) is 0.643. The Labute approximate surface area is 119 Å². The molecule has 0 aromatic carbocycles. The zero-order chi connectivity index (χ0) is 13.7. The second-order valence-corrected chi connectivity index (χ2v) is 5.94. The quantitative estimate of drug-likeness (QED) is 0.847. The van der Waals surface area contributed by atoms with Crippen LogP contribution in [0.3, 0.4) is 0 Å². The molecule has 0 aliphatic carbocycles. The van der Waals surface area contributed by atoms with Gasteiger partial charge in [-0.25, -0.2) is 0 Å². The van der Waals surface area contributed by atoms with Gasteiger partial charge in [0.05, 0.1) is 14.2 Å². The van der Waals surface area contributed by atoms with Gasteiger partial charge in [-0.15, -0.1) is 0 Å². The number of thioether (sulfide) groups is 1. The molecule has 1 aliphatic rings. The van der Waals surface area contributed by atoms with E-state index in [1.54, 1.807) is 20.4 Å². The Morgan fingerprint density at radius 3 is 2.95 bits per heavy atom. The van der Waals surface area contributed by atoms with Gasteiger partial charge in [-0.2, -0.15) is 11.8 Å². The van der Waals surface area contributed by atoms with E-state index in [0.717, 1.165) is 30.3 Å². The van der Waals surface area contributed by atoms with Gasteiger partial charge in [0.15, 0.2) is 11.5 Å². The van der Waals surface area contributed by atoms with Crippen molar-refractivity contribution >= 4 is 11.8 Å². The molecule has 0 spiro atoms. The van der Waals surface area contributed by atoms with Crippen molar-refractivity contribution < 1.29 is 9.47 Å². The highest BCUT2D eigenvalue weighted by molar-refractivity contribution is 7.99. The monoisotopic (exact) mass is 282 g/mol. The van der Waals surface area contributed by atoms with Crippen molar-refractivity contribution in [2.24, 2.45) is 0 Å². The van der Waals surface area contributed by atoms with Crippen LogP contribution < -0.4 is 9.47 Å². The van der Waals surface area contributed by atoms with E-state index in [-0.39, 0.29) is 0 Å². The number of ether oxygens (including phenoxy) is 2. The maximum absolute atomic E-state index is 5.46. The predicted octanol–water partition coefficient (Wildman–Crippen LogP) is 2.43. The number of methoxy groups -OCH3 is 2. The first-order valence-corrected chi connectivity index (χ1v) is 7.79. The molecule has 1 unspecified atom stereocenters. The molecule has 1 aromatic rings. The van der Waals surface area contributed by atoms with Gasteiger partial charge in [0.1, 0.15) is 5.69 Å². The SMILES string of the molecule is COc1ccnc(CN2CCSCCC2C)c1OC. The van der Waals surface area contributed by atoms with Crippen molar-refractivity contribution in [2.45, 2.75) is 25.9 Å². The van der Waals surface area contributed by atoms with E-state index in [1.807, 2.05) is 17.8 Å². The Morgan fingerprint density at radius 1 is 1.37 bits per heavy atom. The molecule has 0 saturated carbocycles. The molecule has 2 rings (SSSR count). The van der Waals surface area contributed by atoms with Crippen molar-refractivity contribution in [2.75, 3.05) is 32.3 Å². The smallest absolute Gasteiger partial charge is 0.183 e. The average Bonchev–Trinajstić information content (AvgIpc) is 2.64. The minimum atomic E-state index is 0.590. The largest absolute Gasteiger partial charge is 0.493 e. The van der Waals surface area contributed by atoms with E-state index in [1.165, 1.54) is 17.9 Å². The number of rotatable bonds is 4. The first-order valence-electron chi connectivity index (χ1n) is 6.64. The van der Waals surface area contributed by atoms with Crippen LogP contribution >= 0.6 is 11.8 Å². The van der Waals surface area contributed by atoms with E-state index < -0.39 is 0 Å². The molecule has 106 valence electrons. The molecular formula is C14H22N2O2S. The molecule has 1 aliphatic heterocycles. The summed E-state index contributed by atoms with van der Waals surface area (Å²) in [7, 11) is 3.33. The summed E-state index contributed by atoms with van der Waals surface area (Å²) in [6.45, 7) is 4.22. The molecule has 19 heavy (non-hydrogen) atoms. The van der Waals surface area contributed by atoms with Crippen molar-refractivity contribution in [1.29, 1.82) is 0 Å². The van der Waals surface area contributed by atoms with Crippen LogP contribution in [0.5, 0.6) is 11.5 Å². The normalized spacial score (nSPS) is 20.9. The summed E-state index contributed by atoms with van der Waals surface area (Å²) in [5.74, 6) is 3.95. The summed E-state index contributed by atoms with van der Waals surface area (Å²) in [6.07, 6.45) is 3.02. The highest BCUT2D eigenvalue weighted by Crippen LogP contribution is 2.30. The summed E-state index contributed by atoms with van der Waals surface area (Å²) in [6, 6.07) is 2.43. The van der Waals surface area contributed by atoms with Gasteiger partial charge in [0, 0.05) is 37.1 Å². The van der Waals surface area contributed by atoms with Crippen molar-refractivity contribution in [3.63, 3.8) is 0 Å². The Hall–Kier alpha value is -0.940. The summed E-state index contributed by atoms with van der Waals surface area (Å²) in [5, 5.41) is 0. The number of nitrogens with zero attached hydrogens (tertiary/aromatic N) is 2. The van der Waals surface area contributed by atoms with Crippen LogP contribution in [0.25, 0.3) is 0 Å². The fourth-order valence-corrected chi connectivity index (χ4v) is 3.41. The minimum Gasteiger partial charge on any atom is -0.493 e. The van der Waals surface area contributed by atoms with Crippen LogP contribution in [0.4, 0.5) is 0 Å². The van der Waals surface area contributed by atoms with Crippen LogP contribution in [-0.4, -0.2) is 48.2 Å². The molecule has 1 saturated heterocycles. The molecule has 0 bridgehead atoms. The average molecular weight is 282 g/mol. The van der Waals surface area contributed by atoms with Crippen LogP contribution in [0, 0.1) is 0 Å². The minimum absolute atomic E-state index is 0.590. The topological polar surface area (TPSA) is 34.6 Å². The maximum Gasteiger partial charge on any atom is 0.183 e. The molecule has 4 nitrogen and oxygen atoms in total. The molecule has 1 fully saturated rings. The Balaban J connectivity index is 2.17. The third-order valence-electron chi connectivity index (χ3n) is 3.55. The van der Waals surface area contributed by atoms with Gasteiger partial charge < -0.3 is 9.47 Å². The molecule has 0 radical (unpaired) electrons. The van der Waals surface area contributed by atoms with E-state index in [2.05, 4.69) is 16.8 Å². The molecule has 2 heterocycles. The maximum atomic E-state index is 5.46. The molecule has 0 N–H and O–H groups in total. The lowest BCUT2D eigenvalue weighted by molar-refractivity contribution is 0.206. The van der Waals surface area contributed by atoms with Gasteiger partial charge in [0.25, 0.3) is 0 Å². The van der Waals surface area contributed by atoms with Gasteiger partial charge in [0.2, 0.25) is 0 Å². The lowest BCUT2D eigenvalue weighted by atomic mass is 10.2. The summed E-state index contributed by atoms with van der Waals surface area (Å²) >= 11 is 2.03. The second-order valence-electron chi connectivity index (χ2n) is 4.71. The number of pyridine rings is 1. The van der Waals surface area contributed by atoms with E-state index >= 15 is 0 Å². The first kappa shape index (κ1) is 14.5. The predicted molar refractivity (Wildman–Crippen MR) is 79.2 cm³/mol. The second kappa shape index (κ2) is 7.01. The van der Waals surface area contributed by atoms with Crippen molar-refractivity contribution in [1.82, 2.24) is 9.88 Å². The van der Waals surface area contributed by atoms with Crippen LogP contribution in [0.2, 0.25) is 0 Å². The third kappa shape index (κ3) is 3.54. The highest BCUT2D eigenvalue weighted by atomic mass is 32.2. The molecule has 1 aromatic heterocycles. The Morgan fingerprint density at radius 2 is 2.21 bits per heavy atom. The molecule has 1 atom stereocenters. The number of hydrogen-bond acceptors (Lipinski definition) is 5.